The Morgan fingerprint density at radius 2 is 1.77 bits per heavy atom. The van der Waals surface area contributed by atoms with Crippen LogP contribution in [0.5, 0.6) is 11.5 Å². The zero-order chi connectivity index (χ0) is 21.7. The third-order valence-electron chi connectivity index (χ3n) is 4.89. The fraction of sp³-hybridized carbons (Fsp3) is 0.364. The molecule has 1 heterocycles. The van der Waals surface area contributed by atoms with E-state index in [9.17, 15) is 14.7 Å². The normalized spacial score (nSPS) is 15.3. The maximum absolute atomic E-state index is 13.0. The summed E-state index contributed by atoms with van der Waals surface area (Å²) in [4.78, 5) is 26.2. The quantitative estimate of drug-likeness (QED) is 0.595. The van der Waals surface area contributed by atoms with Crippen LogP contribution < -0.4 is 14.8 Å². The Balaban J connectivity index is 1.93. The largest absolute Gasteiger partial charge is 0.490 e. The molecule has 0 radical (unpaired) electrons. The predicted molar refractivity (Wildman–Crippen MR) is 117 cm³/mol. The maximum atomic E-state index is 13.0. The molecule has 160 valence electrons. The summed E-state index contributed by atoms with van der Waals surface area (Å²) in [6.45, 7) is 5.14. The number of carbonyl (C=O) groups is 2. The van der Waals surface area contributed by atoms with Crippen LogP contribution in [0.3, 0.4) is 0 Å². The smallest absolute Gasteiger partial charge is 0.322 e. The van der Waals surface area contributed by atoms with Gasteiger partial charge >= 0.3 is 12.0 Å². The molecule has 8 heteroatoms. The minimum atomic E-state index is -0.971. The average Bonchev–Trinajstić information content (AvgIpc) is 2.70. The Kier molecular flexibility index (Phi) is 7.20. The lowest BCUT2D eigenvalue weighted by atomic mass is 9.90. The second kappa shape index (κ2) is 9.84. The van der Waals surface area contributed by atoms with Crippen LogP contribution in [0.25, 0.3) is 0 Å². The van der Waals surface area contributed by atoms with E-state index in [2.05, 4.69) is 21.2 Å². The van der Waals surface area contributed by atoms with E-state index in [4.69, 9.17) is 9.47 Å². The summed E-state index contributed by atoms with van der Waals surface area (Å²) in [5.74, 6) is 0.227. The number of amides is 2. The van der Waals surface area contributed by atoms with E-state index >= 15 is 0 Å². The van der Waals surface area contributed by atoms with E-state index in [0.29, 0.717) is 43.4 Å². The van der Waals surface area contributed by atoms with Gasteiger partial charge in [-0.15, -0.1) is 0 Å². The molecule has 2 aromatic rings. The molecule has 3 rings (SSSR count). The number of rotatable bonds is 7. The van der Waals surface area contributed by atoms with Crippen LogP contribution >= 0.6 is 15.9 Å². The highest BCUT2D eigenvalue weighted by Crippen LogP contribution is 2.40. The van der Waals surface area contributed by atoms with Crippen molar-refractivity contribution in [3.63, 3.8) is 0 Å². The molecule has 7 nitrogen and oxygen atoms in total. The molecule has 0 spiro atoms. The third kappa shape index (κ3) is 5.05. The number of carbonyl (C=O) groups excluding carboxylic acids is 1. The van der Waals surface area contributed by atoms with Crippen LogP contribution in [0.1, 0.15) is 37.4 Å². The summed E-state index contributed by atoms with van der Waals surface area (Å²) in [5.41, 5.74) is 2.40. The highest BCUT2D eigenvalue weighted by atomic mass is 79.9. The lowest BCUT2D eigenvalue weighted by Gasteiger charge is -2.37. The summed E-state index contributed by atoms with van der Waals surface area (Å²) >= 11 is 3.37. The van der Waals surface area contributed by atoms with Crippen molar-refractivity contribution in [1.82, 2.24) is 4.90 Å². The summed E-state index contributed by atoms with van der Waals surface area (Å²) in [5, 5.41) is 12.4. The number of nitrogens with one attached hydrogen (secondary N) is 1. The van der Waals surface area contributed by atoms with Gasteiger partial charge in [0.1, 0.15) is 0 Å². The number of urea groups is 1. The van der Waals surface area contributed by atoms with Gasteiger partial charge in [0.15, 0.2) is 11.5 Å². The Morgan fingerprint density at radius 3 is 2.37 bits per heavy atom. The Morgan fingerprint density at radius 1 is 1.13 bits per heavy atom. The molecule has 0 saturated heterocycles. The van der Waals surface area contributed by atoms with E-state index in [1.165, 1.54) is 0 Å². The molecule has 1 atom stereocenters. The van der Waals surface area contributed by atoms with Gasteiger partial charge in [-0.2, -0.15) is 0 Å². The molecule has 30 heavy (non-hydrogen) atoms. The van der Waals surface area contributed by atoms with Crippen LogP contribution in [0.4, 0.5) is 10.5 Å². The van der Waals surface area contributed by atoms with Gasteiger partial charge in [0, 0.05) is 16.7 Å². The first-order valence-electron chi connectivity index (χ1n) is 9.90. The first-order valence-corrected chi connectivity index (χ1v) is 10.7. The number of nitrogens with zero attached hydrogens (tertiary/aromatic N) is 1. The van der Waals surface area contributed by atoms with Crippen LogP contribution in [0.2, 0.25) is 0 Å². The van der Waals surface area contributed by atoms with Gasteiger partial charge in [-0.3, -0.25) is 4.79 Å². The predicted octanol–water partition coefficient (Wildman–Crippen LogP) is 4.85. The number of hydrogen-bond donors (Lipinski definition) is 2. The van der Waals surface area contributed by atoms with E-state index in [0.717, 1.165) is 15.6 Å². The standard InChI is InChI=1S/C22H25BrN2O5/c1-3-29-19-11-14-9-10-25(22(28)24-16-7-5-15(23)6-8-16)18(13-21(26)27)17(14)12-20(19)30-4-2/h5-8,11-12,18H,3-4,9-10,13H2,1-2H3,(H,24,28)(H,26,27). The molecular weight excluding hydrogens is 452 g/mol. The molecule has 0 saturated carbocycles. The number of aliphatic carboxylic acids is 1. The molecule has 1 aliphatic rings. The zero-order valence-corrected chi connectivity index (χ0v) is 18.6. The summed E-state index contributed by atoms with van der Waals surface area (Å²) in [6, 6.07) is 10.0. The van der Waals surface area contributed by atoms with Crippen molar-refractivity contribution in [3.05, 3.63) is 52.0 Å². The second-order valence-corrected chi connectivity index (χ2v) is 7.77. The number of carboxylic acids is 1. The number of carboxylic acid groups (broad SMARTS) is 1. The molecule has 2 N–H and O–H groups in total. The van der Waals surface area contributed by atoms with E-state index in [-0.39, 0.29) is 12.5 Å². The zero-order valence-electron chi connectivity index (χ0n) is 17.0. The minimum Gasteiger partial charge on any atom is -0.490 e. The van der Waals surface area contributed by atoms with Crippen molar-refractivity contribution in [2.45, 2.75) is 32.7 Å². The van der Waals surface area contributed by atoms with Crippen LogP contribution in [-0.4, -0.2) is 41.8 Å². The van der Waals surface area contributed by atoms with Gasteiger partial charge < -0.3 is 24.8 Å². The second-order valence-electron chi connectivity index (χ2n) is 6.86. The number of anilines is 1. The fourth-order valence-electron chi connectivity index (χ4n) is 3.60. The van der Waals surface area contributed by atoms with Crippen molar-refractivity contribution in [1.29, 1.82) is 0 Å². The third-order valence-corrected chi connectivity index (χ3v) is 5.42. The highest BCUT2D eigenvalue weighted by molar-refractivity contribution is 9.10. The Bertz CT molecular complexity index is 916. The van der Waals surface area contributed by atoms with Crippen molar-refractivity contribution in [3.8, 4) is 11.5 Å². The molecule has 0 aromatic heterocycles. The molecular formula is C22H25BrN2O5. The van der Waals surface area contributed by atoms with Crippen molar-refractivity contribution in [2.24, 2.45) is 0 Å². The molecule has 0 bridgehead atoms. The van der Waals surface area contributed by atoms with Gasteiger partial charge in [0.25, 0.3) is 0 Å². The molecule has 0 aliphatic carbocycles. The fourth-order valence-corrected chi connectivity index (χ4v) is 3.87. The SMILES string of the molecule is CCOc1cc2c(cc1OCC)C(CC(=O)O)N(C(=O)Nc1ccc(Br)cc1)CC2. The number of hydrogen-bond acceptors (Lipinski definition) is 4. The van der Waals surface area contributed by atoms with Gasteiger partial charge in [0.2, 0.25) is 0 Å². The summed E-state index contributed by atoms with van der Waals surface area (Å²) in [7, 11) is 0. The Labute approximate surface area is 184 Å². The first kappa shape index (κ1) is 22.0. The number of halogens is 1. The number of benzene rings is 2. The molecule has 2 amide bonds. The van der Waals surface area contributed by atoms with Crippen molar-refractivity contribution in [2.75, 3.05) is 25.1 Å². The van der Waals surface area contributed by atoms with Crippen LogP contribution in [-0.2, 0) is 11.2 Å². The summed E-state index contributed by atoms with van der Waals surface area (Å²) in [6.07, 6.45) is 0.409. The lowest BCUT2D eigenvalue weighted by Crippen LogP contribution is -2.43. The van der Waals surface area contributed by atoms with Gasteiger partial charge in [-0.1, -0.05) is 15.9 Å². The van der Waals surface area contributed by atoms with Gasteiger partial charge in [-0.25, -0.2) is 4.79 Å². The monoisotopic (exact) mass is 476 g/mol. The van der Waals surface area contributed by atoms with Crippen LogP contribution in [0, 0.1) is 0 Å². The van der Waals surface area contributed by atoms with E-state index in [1.54, 1.807) is 17.0 Å². The van der Waals surface area contributed by atoms with Crippen molar-refractivity contribution >= 4 is 33.6 Å². The lowest BCUT2D eigenvalue weighted by molar-refractivity contribution is -0.138. The average molecular weight is 477 g/mol. The molecule has 1 unspecified atom stereocenters. The topological polar surface area (TPSA) is 88.1 Å². The molecule has 1 aliphatic heterocycles. The highest BCUT2D eigenvalue weighted by Gasteiger charge is 2.34. The molecule has 0 fully saturated rings. The van der Waals surface area contributed by atoms with Gasteiger partial charge in [0.05, 0.1) is 25.7 Å². The Hall–Kier alpha value is -2.74. The number of ether oxygens (including phenoxy) is 2. The minimum absolute atomic E-state index is 0.194. The van der Waals surface area contributed by atoms with Crippen LogP contribution in [0.15, 0.2) is 40.9 Å². The van der Waals surface area contributed by atoms with Gasteiger partial charge in [-0.05, 0) is 67.8 Å². The van der Waals surface area contributed by atoms with E-state index in [1.807, 2.05) is 38.1 Å². The van der Waals surface area contributed by atoms with E-state index < -0.39 is 12.0 Å². The maximum Gasteiger partial charge on any atom is 0.322 e. The molecule has 2 aromatic carbocycles. The van der Waals surface area contributed by atoms with Crippen molar-refractivity contribution < 1.29 is 24.2 Å². The number of fused-ring (bicyclic) bond motifs is 1. The first-order chi connectivity index (χ1) is 14.4. The summed E-state index contributed by atoms with van der Waals surface area (Å²) < 4.78 is 12.3.